The Hall–Kier alpha value is -1.88. The zero-order chi connectivity index (χ0) is 16.2. The Morgan fingerprint density at radius 1 is 1.26 bits per heavy atom. The fraction of sp³-hybridized carbons (Fsp3) is 0.389. The van der Waals surface area contributed by atoms with Crippen LogP contribution < -0.4 is 5.32 Å². The van der Waals surface area contributed by atoms with Gasteiger partial charge in [0, 0.05) is 37.1 Å². The highest BCUT2D eigenvalue weighted by Gasteiger charge is 2.31. The summed E-state index contributed by atoms with van der Waals surface area (Å²) in [6, 6.07) is 10.9. The van der Waals surface area contributed by atoms with Crippen LogP contribution in [-0.2, 0) is 6.54 Å². The molecule has 1 aliphatic rings. The fourth-order valence-electron chi connectivity index (χ4n) is 3.10. The van der Waals surface area contributed by atoms with Gasteiger partial charge < -0.3 is 14.8 Å². The maximum atomic E-state index is 14.4. The third-order valence-corrected chi connectivity index (χ3v) is 4.68. The smallest absolute Gasteiger partial charge is 0.169 e. The van der Waals surface area contributed by atoms with E-state index in [2.05, 4.69) is 27.8 Å². The maximum Gasteiger partial charge on any atom is 0.169 e. The van der Waals surface area contributed by atoms with Gasteiger partial charge in [-0.25, -0.2) is 4.39 Å². The van der Waals surface area contributed by atoms with E-state index < -0.39 is 0 Å². The Kier molecular flexibility index (Phi) is 4.96. The quantitative estimate of drug-likeness (QED) is 0.681. The van der Waals surface area contributed by atoms with Crippen molar-refractivity contribution in [1.29, 1.82) is 0 Å². The molecular formula is C18H22FN3S. The molecule has 0 spiro atoms. The first-order valence-corrected chi connectivity index (χ1v) is 8.57. The predicted molar refractivity (Wildman–Crippen MR) is 94.9 cm³/mol. The molecule has 2 heterocycles. The third-order valence-electron chi connectivity index (χ3n) is 4.31. The number of unbranched alkanes of at least 4 members (excludes halogenated alkanes) is 1. The molecule has 0 saturated heterocycles. The predicted octanol–water partition coefficient (Wildman–Crippen LogP) is 3.71. The average molecular weight is 331 g/mol. The number of aromatic nitrogens is 1. The summed E-state index contributed by atoms with van der Waals surface area (Å²) in [7, 11) is 0. The van der Waals surface area contributed by atoms with E-state index in [0.29, 0.717) is 10.7 Å². The molecule has 3 nitrogen and oxygen atoms in total. The zero-order valence-corrected chi connectivity index (χ0v) is 14.2. The molecule has 122 valence electrons. The zero-order valence-electron chi connectivity index (χ0n) is 13.3. The minimum absolute atomic E-state index is 0.179. The summed E-state index contributed by atoms with van der Waals surface area (Å²) in [4.78, 5) is 2.11. The lowest BCUT2D eigenvalue weighted by molar-refractivity contribution is 0.280. The highest BCUT2D eigenvalue weighted by atomic mass is 32.1. The highest BCUT2D eigenvalue weighted by molar-refractivity contribution is 7.80. The van der Waals surface area contributed by atoms with Gasteiger partial charge in [-0.3, -0.25) is 0 Å². The first-order chi connectivity index (χ1) is 11.2. The Balaban J connectivity index is 1.93. The molecule has 1 aromatic heterocycles. The van der Waals surface area contributed by atoms with Crippen LogP contribution in [0, 0.1) is 5.82 Å². The first kappa shape index (κ1) is 16.0. The number of halogens is 1. The molecule has 1 unspecified atom stereocenters. The Morgan fingerprint density at radius 3 is 2.87 bits per heavy atom. The summed E-state index contributed by atoms with van der Waals surface area (Å²) in [5.41, 5.74) is 1.76. The van der Waals surface area contributed by atoms with Crippen molar-refractivity contribution in [3.63, 3.8) is 0 Å². The highest BCUT2D eigenvalue weighted by Crippen LogP contribution is 2.33. The van der Waals surface area contributed by atoms with Crippen molar-refractivity contribution in [2.75, 3.05) is 13.1 Å². The molecular weight excluding hydrogens is 309 g/mol. The van der Waals surface area contributed by atoms with E-state index in [4.69, 9.17) is 12.2 Å². The van der Waals surface area contributed by atoms with Gasteiger partial charge in [0.25, 0.3) is 0 Å². The van der Waals surface area contributed by atoms with Crippen molar-refractivity contribution in [3.05, 3.63) is 59.7 Å². The van der Waals surface area contributed by atoms with E-state index in [9.17, 15) is 4.39 Å². The molecule has 1 N–H and O–H groups in total. The molecule has 0 saturated carbocycles. The molecule has 1 aliphatic heterocycles. The summed E-state index contributed by atoms with van der Waals surface area (Å²) in [6.07, 6.45) is 4.25. The lowest BCUT2D eigenvalue weighted by atomic mass is 10.00. The van der Waals surface area contributed by atoms with Crippen molar-refractivity contribution in [2.45, 2.75) is 32.4 Å². The van der Waals surface area contributed by atoms with Crippen LogP contribution in [0.25, 0.3) is 0 Å². The van der Waals surface area contributed by atoms with Gasteiger partial charge in [0.05, 0.1) is 6.04 Å². The summed E-state index contributed by atoms with van der Waals surface area (Å²) in [5, 5.41) is 4.03. The van der Waals surface area contributed by atoms with E-state index in [1.165, 1.54) is 6.07 Å². The van der Waals surface area contributed by atoms with E-state index >= 15 is 0 Å². The third kappa shape index (κ3) is 3.24. The normalized spacial score (nSPS) is 17.0. The van der Waals surface area contributed by atoms with E-state index in [0.717, 1.165) is 38.2 Å². The average Bonchev–Trinajstić information content (AvgIpc) is 3.03. The molecule has 1 atom stereocenters. The van der Waals surface area contributed by atoms with Gasteiger partial charge in [-0.2, -0.15) is 0 Å². The molecule has 0 amide bonds. The molecule has 5 heteroatoms. The number of hydrogen-bond donors (Lipinski definition) is 1. The van der Waals surface area contributed by atoms with Crippen molar-refractivity contribution in [3.8, 4) is 0 Å². The van der Waals surface area contributed by atoms with Gasteiger partial charge >= 0.3 is 0 Å². The van der Waals surface area contributed by atoms with Gasteiger partial charge in [0.15, 0.2) is 5.11 Å². The molecule has 0 bridgehead atoms. The van der Waals surface area contributed by atoms with Gasteiger partial charge in [0.2, 0.25) is 0 Å². The number of thiocarbonyl (C=S) groups is 1. The fourth-order valence-corrected chi connectivity index (χ4v) is 3.40. The van der Waals surface area contributed by atoms with Gasteiger partial charge in [-0.05, 0) is 36.8 Å². The largest absolute Gasteiger partial charge is 0.363 e. The molecule has 3 rings (SSSR count). The van der Waals surface area contributed by atoms with Crippen LogP contribution in [0.2, 0.25) is 0 Å². The molecule has 2 aromatic rings. The van der Waals surface area contributed by atoms with Crippen LogP contribution in [0.3, 0.4) is 0 Å². The van der Waals surface area contributed by atoms with Gasteiger partial charge in [-0.15, -0.1) is 0 Å². The molecule has 0 radical (unpaired) electrons. The summed E-state index contributed by atoms with van der Waals surface area (Å²) in [6.45, 7) is 4.65. The Morgan fingerprint density at radius 2 is 2.09 bits per heavy atom. The number of nitrogens with one attached hydrogen (secondary N) is 1. The van der Waals surface area contributed by atoms with Crippen molar-refractivity contribution in [1.82, 2.24) is 14.8 Å². The standard InChI is InChI=1S/C18H22FN3S/c1-2-3-10-20-18(23)22-13-12-21-11-6-9-16(21)17(22)14-7-4-5-8-15(14)19/h4-9,11,17H,2-3,10,12-13H2,1H3,(H,20,23). The Bertz CT molecular complexity index is 682. The lowest BCUT2D eigenvalue weighted by Gasteiger charge is -2.39. The summed E-state index contributed by atoms with van der Waals surface area (Å²) in [5.74, 6) is -0.187. The van der Waals surface area contributed by atoms with Crippen LogP contribution in [-0.4, -0.2) is 27.7 Å². The van der Waals surface area contributed by atoms with Crippen molar-refractivity contribution in [2.24, 2.45) is 0 Å². The second-order valence-corrected chi connectivity index (χ2v) is 6.22. The minimum Gasteiger partial charge on any atom is -0.363 e. The number of rotatable bonds is 4. The number of fused-ring (bicyclic) bond motifs is 1. The first-order valence-electron chi connectivity index (χ1n) is 8.16. The van der Waals surface area contributed by atoms with E-state index in [1.54, 1.807) is 6.07 Å². The molecule has 1 aromatic carbocycles. The molecule has 23 heavy (non-hydrogen) atoms. The van der Waals surface area contributed by atoms with Crippen LogP contribution in [0.1, 0.15) is 37.1 Å². The minimum atomic E-state index is -0.187. The molecule has 0 fully saturated rings. The Labute approximate surface area is 142 Å². The SMILES string of the molecule is CCCCNC(=S)N1CCn2cccc2C1c1ccccc1F. The maximum absolute atomic E-state index is 14.4. The summed E-state index contributed by atoms with van der Waals surface area (Å²) >= 11 is 5.59. The topological polar surface area (TPSA) is 20.2 Å². The van der Waals surface area contributed by atoms with Crippen molar-refractivity contribution >= 4 is 17.3 Å². The van der Waals surface area contributed by atoms with E-state index in [1.807, 2.05) is 24.4 Å². The monoisotopic (exact) mass is 331 g/mol. The second kappa shape index (κ2) is 7.13. The van der Waals surface area contributed by atoms with Gasteiger partial charge in [0.1, 0.15) is 5.82 Å². The van der Waals surface area contributed by atoms with Crippen molar-refractivity contribution < 1.29 is 4.39 Å². The second-order valence-electron chi connectivity index (χ2n) is 5.83. The molecule has 0 aliphatic carbocycles. The number of nitrogens with zero attached hydrogens (tertiary/aromatic N) is 2. The van der Waals surface area contributed by atoms with E-state index in [-0.39, 0.29) is 11.9 Å². The number of hydrogen-bond acceptors (Lipinski definition) is 1. The van der Waals surface area contributed by atoms with Crippen LogP contribution >= 0.6 is 12.2 Å². The van der Waals surface area contributed by atoms with Gasteiger partial charge in [-0.1, -0.05) is 31.5 Å². The summed E-state index contributed by atoms with van der Waals surface area (Å²) < 4.78 is 16.6. The van der Waals surface area contributed by atoms with Crippen LogP contribution in [0.15, 0.2) is 42.6 Å². The number of benzene rings is 1. The lowest BCUT2D eigenvalue weighted by Crippen LogP contribution is -2.47. The van der Waals surface area contributed by atoms with Crippen LogP contribution in [0.5, 0.6) is 0 Å². The van der Waals surface area contributed by atoms with Crippen LogP contribution in [0.4, 0.5) is 4.39 Å².